The lowest BCUT2D eigenvalue weighted by molar-refractivity contribution is -2.00. The highest BCUT2D eigenvalue weighted by Crippen LogP contribution is 2.32. The van der Waals surface area contributed by atoms with E-state index < -0.39 is 10.2 Å². The summed E-state index contributed by atoms with van der Waals surface area (Å²) in [6.07, 6.45) is 1.18. The molecule has 130 valence electrons. The van der Waals surface area contributed by atoms with Crippen LogP contribution in [0.5, 0.6) is 0 Å². The van der Waals surface area contributed by atoms with Crippen molar-refractivity contribution >= 4 is 0 Å². The van der Waals surface area contributed by atoms with Crippen LogP contribution in [0.1, 0.15) is 29.6 Å². The Bertz CT molecular complexity index is 566. The van der Waals surface area contributed by atoms with Crippen molar-refractivity contribution < 1.29 is 33.9 Å². The van der Waals surface area contributed by atoms with Gasteiger partial charge in [0.15, 0.2) is 0 Å². The van der Waals surface area contributed by atoms with Crippen molar-refractivity contribution in [2.24, 2.45) is 0 Å². The number of hydrogen-bond donors (Lipinski definition) is 1. The molecule has 1 fully saturated rings. The van der Waals surface area contributed by atoms with E-state index in [2.05, 4.69) is 79.8 Å². The summed E-state index contributed by atoms with van der Waals surface area (Å²) in [5, 5.41) is 3.91. The van der Waals surface area contributed by atoms with Gasteiger partial charge in [0.05, 0.1) is 13.1 Å². The highest BCUT2D eigenvalue weighted by molar-refractivity contribution is 5.22. The van der Waals surface area contributed by atoms with Crippen molar-refractivity contribution in [3.8, 4) is 0 Å². The van der Waals surface area contributed by atoms with Crippen LogP contribution in [0.4, 0.5) is 0 Å². The van der Waals surface area contributed by atoms with Crippen LogP contribution in [0.3, 0.4) is 0 Å². The molecule has 3 atom stereocenters. The van der Waals surface area contributed by atoms with Gasteiger partial charge in [0.1, 0.15) is 6.04 Å². The van der Waals surface area contributed by atoms with Crippen molar-refractivity contribution in [1.29, 1.82) is 0 Å². The van der Waals surface area contributed by atoms with Gasteiger partial charge in [-0.05, 0) is 5.56 Å². The average molecular weight is 353 g/mol. The third-order valence-corrected chi connectivity index (χ3v) is 4.37. The fourth-order valence-electron chi connectivity index (χ4n) is 3.14. The molecule has 24 heavy (non-hydrogen) atoms. The monoisotopic (exact) mass is 352 g/mol. The summed E-state index contributed by atoms with van der Waals surface area (Å²) >= 11 is 0. The molecule has 0 aromatic heterocycles. The molecule has 6 nitrogen and oxygen atoms in total. The maximum atomic E-state index is 8.49. The molecule has 1 aliphatic rings. The number of nitrogens with zero attached hydrogens (tertiary/aromatic N) is 1. The molecule has 3 unspecified atom stereocenters. The Morgan fingerprint density at radius 1 is 0.875 bits per heavy atom. The average Bonchev–Trinajstić information content (AvgIpc) is 2.84. The fraction of sp³-hybridized carbons (Fsp3) is 0.294. The zero-order valence-corrected chi connectivity index (χ0v) is 14.3. The molecule has 2 aromatic rings. The minimum absolute atomic E-state index is 0.506. The molecule has 0 aliphatic carbocycles. The standard InChI is InChI=1S/C17H20N2.ClHO4/c1-18-16(14-9-5-3-6-10-14)13-17(19(18)2)15-11-7-4-8-12-15;2-1(3,4)5/h3-12,16-17H,13H2,1-2H3;(H,2,3,4,5). The normalized spacial score (nSPS) is 24.3. The van der Waals surface area contributed by atoms with Crippen LogP contribution in [-0.4, -0.2) is 19.1 Å². The van der Waals surface area contributed by atoms with E-state index in [1.54, 1.807) is 0 Å². The molecule has 0 bridgehead atoms. The van der Waals surface area contributed by atoms with Gasteiger partial charge in [0.25, 0.3) is 0 Å². The smallest absolute Gasteiger partial charge is 0.133 e. The highest BCUT2D eigenvalue weighted by atomic mass is 35.7. The predicted molar refractivity (Wildman–Crippen MR) is 77.6 cm³/mol. The zero-order valence-electron chi connectivity index (χ0n) is 13.6. The third kappa shape index (κ3) is 5.25. The summed E-state index contributed by atoms with van der Waals surface area (Å²) in [4.78, 5) is 0. The van der Waals surface area contributed by atoms with Crippen LogP contribution < -0.4 is 23.6 Å². The van der Waals surface area contributed by atoms with Crippen LogP contribution in [-0.2, 0) is 0 Å². The first-order valence-electron chi connectivity index (χ1n) is 7.55. The van der Waals surface area contributed by atoms with E-state index in [9.17, 15) is 0 Å². The Morgan fingerprint density at radius 2 is 1.29 bits per heavy atom. The van der Waals surface area contributed by atoms with E-state index in [-0.39, 0.29) is 0 Å². The lowest BCUT2D eigenvalue weighted by Gasteiger charge is -2.24. The van der Waals surface area contributed by atoms with Crippen LogP contribution in [0.25, 0.3) is 0 Å². The molecule has 0 radical (unpaired) electrons. The summed E-state index contributed by atoms with van der Waals surface area (Å²) in [5.74, 6) is 0. The Hall–Kier alpha value is -1.51. The van der Waals surface area contributed by atoms with Crippen LogP contribution in [0.15, 0.2) is 60.7 Å². The van der Waals surface area contributed by atoms with Crippen LogP contribution in [0.2, 0.25) is 0 Å². The lowest BCUT2D eigenvalue weighted by atomic mass is 9.97. The molecule has 1 heterocycles. The van der Waals surface area contributed by atoms with E-state index in [0.717, 1.165) is 0 Å². The first-order valence-corrected chi connectivity index (χ1v) is 8.78. The predicted octanol–water partition coefficient (Wildman–Crippen LogP) is -2.52. The third-order valence-electron chi connectivity index (χ3n) is 4.37. The Balaban J connectivity index is 0.000000368. The van der Waals surface area contributed by atoms with E-state index in [4.69, 9.17) is 18.6 Å². The van der Waals surface area contributed by atoms with Gasteiger partial charge < -0.3 is 0 Å². The van der Waals surface area contributed by atoms with Crippen molar-refractivity contribution in [2.45, 2.75) is 18.5 Å². The van der Waals surface area contributed by atoms with Gasteiger partial charge in [0, 0.05) is 19.0 Å². The molecule has 1 aliphatic heterocycles. The van der Waals surface area contributed by atoms with Crippen molar-refractivity contribution in [3.05, 3.63) is 71.8 Å². The lowest BCUT2D eigenvalue weighted by Crippen LogP contribution is -3.12. The van der Waals surface area contributed by atoms with Crippen LogP contribution in [0, 0.1) is 10.2 Å². The molecular formula is C17H21ClN2O4. The Morgan fingerprint density at radius 3 is 1.75 bits per heavy atom. The highest BCUT2D eigenvalue weighted by Gasteiger charge is 2.40. The second kappa shape index (κ2) is 8.04. The summed E-state index contributed by atoms with van der Waals surface area (Å²) in [5.41, 5.74) is 2.85. The summed E-state index contributed by atoms with van der Waals surface area (Å²) < 4.78 is 34.0. The largest absolute Gasteiger partial charge is 0.251 e. The van der Waals surface area contributed by atoms with Gasteiger partial charge in [-0.2, -0.15) is 5.01 Å². The first-order chi connectivity index (χ1) is 11.3. The van der Waals surface area contributed by atoms with E-state index in [1.165, 1.54) is 22.6 Å². The molecular weight excluding hydrogens is 332 g/mol. The van der Waals surface area contributed by atoms with E-state index in [1.807, 2.05) is 0 Å². The Labute approximate surface area is 143 Å². The topological polar surface area (TPSA) is 99.9 Å². The quantitative estimate of drug-likeness (QED) is 0.643. The molecule has 2 aromatic carbocycles. The number of hydrogen-bond acceptors (Lipinski definition) is 5. The molecule has 7 heteroatoms. The number of benzene rings is 2. The minimum Gasteiger partial charge on any atom is -0.251 e. The molecule has 0 saturated carbocycles. The number of rotatable bonds is 2. The van der Waals surface area contributed by atoms with Gasteiger partial charge in [-0.3, -0.25) is 5.01 Å². The van der Waals surface area contributed by atoms with Gasteiger partial charge in [-0.15, -0.1) is 10.2 Å². The number of halogens is 1. The van der Waals surface area contributed by atoms with Gasteiger partial charge in [0.2, 0.25) is 0 Å². The number of quaternary nitrogens is 1. The number of nitrogens with one attached hydrogen (secondary N) is 1. The fourth-order valence-corrected chi connectivity index (χ4v) is 3.14. The minimum atomic E-state index is -4.94. The summed E-state index contributed by atoms with van der Waals surface area (Å²) in [6.45, 7) is 0. The van der Waals surface area contributed by atoms with Gasteiger partial charge in [-0.25, -0.2) is 18.6 Å². The second-order valence-electron chi connectivity index (χ2n) is 5.76. The van der Waals surface area contributed by atoms with Crippen LogP contribution >= 0.6 is 0 Å². The molecule has 3 rings (SSSR count). The van der Waals surface area contributed by atoms with Crippen molar-refractivity contribution in [2.75, 3.05) is 14.1 Å². The maximum Gasteiger partial charge on any atom is 0.133 e. The van der Waals surface area contributed by atoms with E-state index >= 15 is 0 Å². The zero-order chi connectivity index (χ0) is 17.7. The Kier molecular flexibility index (Phi) is 6.31. The maximum absolute atomic E-state index is 8.49. The molecule has 1 saturated heterocycles. The molecule has 1 N–H and O–H groups in total. The molecule has 0 spiro atoms. The SMILES string of the molecule is CN1C(c2ccccc2)CC(c2ccccc2)[NH+]1C.[O-][Cl+3]([O-])([O-])[O-]. The summed E-state index contributed by atoms with van der Waals surface area (Å²) in [6, 6.07) is 22.7. The summed E-state index contributed by atoms with van der Waals surface area (Å²) in [7, 11) is -0.462. The van der Waals surface area contributed by atoms with Gasteiger partial charge in [-0.1, -0.05) is 60.7 Å². The van der Waals surface area contributed by atoms with Crippen molar-refractivity contribution in [3.63, 3.8) is 0 Å². The first kappa shape index (κ1) is 18.8. The van der Waals surface area contributed by atoms with E-state index in [0.29, 0.717) is 12.1 Å². The molecule has 0 amide bonds. The van der Waals surface area contributed by atoms with Gasteiger partial charge >= 0.3 is 0 Å². The van der Waals surface area contributed by atoms with Crippen molar-refractivity contribution in [1.82, 2.24) is 5.01 Å². The second-order valence-corrected chi connectivity index (χ2v) is 6.51.